The second kappa shape index (κ2) is 5.81. The van der Waals surface area contributed by atoms with E-state index in [2.05, 4.69) is 5.32 Å². The van der Waals surface area contributed by atoms with Crippen LogP contribution >= 0.6 is 0 Å². The molecule has 1 amide bonds. The summed E-state index contributed by atoms with van der Waals surface area (Å²) < 4.78 is 23.5. The number of aliphatic hydroxyl groups is 1. The molecule has 7 nitrogen and oxygen atoms in total. The molecule has 0 saturated heterocycles. The smallest absolute Gasteiger partial charge is 0.337 e. The van der Waals surface area contributed by atoms with E-state index in [4.69, 9.17) is 10.2 Å². The lowest BCUT2D eigenvalue weighted by Gasteiger charge is -2.09. The van der Waals surface area contributed by atoms with Gasteiger partial charge in [-0.05, 0) is 18.2 Å². The maximum Gasteiger partial charge on any atom is 0.337 e. The largest absolute Gasteiger partial charge is 0.478 e. The fraction of sp³-hybridized carbons (Fsp3) is 0.273. The van der Waals surface area contributed by atoms with Crippen molar-refractivity contribution in [2.45, 2.75) is 11.8 Å². The molecule has 0 bridgehead atoms. The molecule has 1 aromatic carbocycles. The molecule has 0 aromatic heterocycles. The van der Waals surface area contributed by atoms with E-state index in [1.807, 2.05) is 0 Å². The molecule has 0 unspecified atom stereocenters. The minimum atomic E-state index is -3.71. The average molecular weight is 287 g/mol. The minimum Gasteiger partial charge on any atom is -0.478 e. The number of carbonyl (C=O) groups excluding carboxylic acids is 1. The van der Waals surface area contributed by atoms with Crippen LogP contribution in [0.15, 0.2) is 23.1 Å². The zero-order valence-corrected chi connectivity index (χ0v) is 10.9. The zero-order chi connectivity index (χ0) is 14.6. The number of nitrogens with one attached hydrogen (secondary N) is 1. The number of hydrogen-bond donors (Lipinski definition) is 3. The third-order valence-electron chi connectivity index (χ3n) is 2.25. The van der Waals surface area contributed by atoms with Crippen LogP contribution in [0.1, 0.15) is 17.3 Å². The van der Waals surface area contributed by atoms with Gasteiger partial charge in [-0.2, -0.15) is 0 Å². The van der Waals surface area contributed by atoms with E-state index in [1.165, 1.54) is 6.92 Å². The van der Waals surface area contributed by atoms with Crippen molar-refractivity contribution < 1.29 is 28.2 Å². The normalized spacial score (nSPS) is 11.1. The molecular weight excluding hydrogens is 274 g/mol. The zero-order valence-electron chi connectivity index (χ0n) is 10.1. The Kier molecular flexibility index (Phi) is 4.62. The van der Waals surface area contributed by atoms with Crippen LogP contribution in [0.4, 0.5) is 5.69 Å². The first-order chi connectivity index (χ1) is 8.77. The Morgan fingerprint density at radius 3 is 2.42 bits per heavy atom. The molecule has 0 atom stereocenters. The Morgan fingerprint density at radius 1 is 1.32 bits per heavy atom. The molecule has 3 N–H and O–H groups in total. The molecule has 0 heterocycles. The van der Waals surface area contributed by atoms with Gasteiger partial charge in [0, 0.05) is 6.92 Å². The maximum atomic E-state index is 11.7. The van der Waals surface area contributed by atoms with Crippen molar-refractivity contribution in [3.63, 3.8) is 0 Å². The van der Waals surface area contributed by atoms with Crippen molar-refractivity contribution >= 4 is 27.4 Å². The Hall–Kier alpha value is -1.93. The van der Waals surface area contributed by atoms with E-state index in [9.17, 15) is 18.0 Å². The predicted molar refractivity (Wildman–Crippen MR) is 66.8 cm³/mol. The lowest BCUT2D eigenvalue weighted by atomic mass is 10.2. The van der Waals surface area contributed by atoms with Gasteiger partial charge in [-0.3, -0.25) is 4.79 Å². The van der Waals surface area contributed by atoms with Gasteiger partial charge in [0.1, 0.15) is 0 Å². The number of carbonyl (C=O) groups is 2. The number of sulfone groups is 1. The van der Waals surface area contributed by atoms with Crippen molar-refractivity contribution in [3.8, 4) is 0 Å². The van der Waals surface area contributed by atoms with Crippen molar-refractivity contribution in [2.75, 3.05) is 17.7 Å². The summed E-state index contributed by atoms with van der Waals surface area (Å²) in [5.74, 6) is -2.27. The van der Waals surface area contributed by atoms with Gasteiger partial charge in [0.2, 0.25) is 5.91 Å². The van der Waals surface area contributed by atoms with Crippen molar-refractivity contribution in [1.82, 2.24) is 0 Å². The summed E-state index contributed by atoms with van der Waals surface area (Å²) in [5, 5.41) is 19.9. The van der Waals surface area contributed by atoms with Crippen LogP contribution in [0.25, 0.3) is 0 Å². The maximum absolute atomic E-state index is 11.7. The SMILES string of the molecule is CC(=O)Nc1cc(S(=O)(=O)CCO)ccc1C(=O)O. The Morgan fingerprint density at radius 2 is 1.95 bits per heavy atom. The molecule has 8 heteroatoms. The molecule has 0 aliphatic carbocycles. The van der Waals surface area contributed by atoms with Gasteiger partial charge in [-0.1, -0.05) is 0 Å². The quantitative estimate of drug-likeness (QED) is 0.706. The molecule has 0 spiro atoms. The molecule has 0 aliphatic rings. The minimum absolute atomic E-state index is 0.0981. The van der Waals surface area contributed by atoms with Gasteiger partial charge >= 0.3 is 5.97 Å². The summed E-state index contributed by atoms with van der Waals surface area (Å²) in [6, 6.07) is 3.29. The number of anilines is 1. The highest BCUT2D eigenvalue weighted by Crippen LogP contribution is 2.22. The van der Waals surface area contributed by atoms with E-state index in [0.29, 0.717) is 0 Å². The first kappa shape index (κ1) is 15.1. The topological polar surface area (TPSA) is 121 Å². The molecule has 0 saturated carbocycles. The summed E-state index contributed by atoms with van der Waals surface area (Å²) in [5.41, 5.74) is -0.308. The van der Waals surface area contributed by atoms with E-state index in [-0.39, 0.29) is 16.1 Å². The van der Waals surface area contributed by atoms with Crippen LogP contribution in [0.2, 0.25) is 0 Å². The fourth-order valence-electron chi connectivity index (χ4n) is 1.43. The van der Waals surface area contributed by atoms with E-state index in [0.717, 1.165) is 18.2 Å². The molecular formula is C11H13NO6S. The Bertz CT molecular complexity index is 608. The number of rotatable bonds is 5. The Labute approximate surface area is 109 Å². The molecule has 19 heavy (non-hydrogen) atoms. The van der Waals surface area contributed by atoms with Gasteiger partial charge in [0.05, 0.1) is 28.5 Å². The lowest BCUT2D eigenvalue weighted by molar-refractivity contribution is -0.114. The highest BCUT2D eigenvalue weighted by molar-refractivity contribution is 7.91. The van der Waals surface area contributed by atoms with Gasteiger partial charge in [0.15, 0.2) is 9.84 Å². The monoisotopic (exact) mass is 287 g/mol. The van der Waals surface area contributed by atoms with E-state index >= 15 is 0 Å². The van der Waals surface area contributed by atoms with Crippen LogP contribution < -0.4 is 5.32 Å². The number of amides is 1. The van der Waals surface area contributed by atoms with Crippen LogP contribution in [-0.4, -0.2) is 42.9 Å². The van der Waals surface area contributed by atoms with Crippen LogP contribution in [0.5, 0.6) is 0 Å². The third-order valence-corrected chi connectivity index (χ3v) is 3.94. The summed E-state index contributed by atoms with van der Waals surface area (Å²) >= 11 is 0. The van der Waals surface area contributed by atoms with Gasteiger partial charge in [-0.15, -0.1) is 0 Å². The second-order valence-corrected chi connectivity index (χ2v) is 5.85. The number of carboxylic acid groups (broad SMARTS) is 1. The standard InChI is InChI=1S/C11H13NO6S/c1-7(14)12-10-6-8(19(17,18)5-4-13)2-3-9(10)11(15)16/h2-3,6,13H,4-5H2,1H3,(H,12,14)(H,15,16). The van der Waals surface area contributed by atoms with Crippen LogP contribution in [0.3, 0.4) is 0 Å². The first-order valence-electron chi connectivity index (χ1n) is 5.26. The molecule has 1 rings (SSSR count). The molecule has 104 valence electrons. The number of aliphatic hydroxyl groups excluding tert-OH is 1. The summed E-state index contributed by atoms with van der Waals surface area (Å²) in [6.07, 6.45) is 0. The molecule has 0 fully saturated rings. The predicted octanol–water partition coefficient (Wildman–Crippen LogP) is 0.109. The third kappa shape index (κ3) is 3.76. The van der Waals surface area contributed by atoms with Crippen molar-refractivity contribution in [2.24, 2.45) is 0 Å². The van der Waals surface area contributed by atoms with Gasteiger partial charge < -0.3 is 15.5 Å². The summed E-state index contributed by atoms with van der Waals surface area (Å²) in [6.45, 7) is 0.638. The van der Waals surface area contributed by atoms with Gasteiger partial charge in [-0.25, -0.2) is 13.2 Å². The average Bonchev–Trinajstić information content (AvgIpc) is 2.27. The number of hydrogen-bond acceptors (Lipinski definition) is 5. The van der Waals surface area contributed by atoms with Gasteiger partial charge in [0.25, 0.3) is 0 Å². The van der Waals surface area contributed by atoms with Crippen molar-refractivity contribution in [1.29, 1.82) is 0 Å². The highest BCUT2D eigenvalue weighted by atomic mass is 32.2. The number of benzene rings is 1. The van der Waals surface area contributed by atoms with Crippen LogP contribution in [0, 0.1) is 0 Å². The number of aromatic carboxylic acids is 1. The molecule has 0 aliphatic heterocycles. The number of carboxylic acids is 1. The Balaban J connectivity index is 3.33. The van der Waals surface area contributed by atoms with Crippen LogP contribution in [-0.2, 0) is 14.6 Å². The second-order valence-electron chi connectivity index (χ2n) is 3.74. The van der Waals surface area contributed by atoms with Crippen molar-refractivity contribution in [3.05, 3.63) is 23.8 Å². The molecule has 1 aromatic rings. The molecule has 0 radical (unpaired) electrons. The lowest BCUT2D eigenvalue weighted by Crippen LogP contribution is -2.14. The summed E-state index contributed by atoms with van der Waals surface area (Å²) in [4.78, 5) is 21.8. The first-order valence-corrected chi connectivity index (χ1v) is 6.91. The highest BCUT2D eigenvalue weighted by Gasteiger charge is 2.18. The van der Waals surface area contributed by atoms with E-state index in [1.54, 1.807) is 0 Å². The fourth-order valence-corrected chi connectivity index (χ4v) is 2.48. The summed E-state index contributed by atoms with van der Waals surface area (Å²) in [7, 11) is -3.71. The van der Waals surface area contributed by atoms with E-state index < -0.39 is 34.1 Å².